The molecular weight excluding hydrogens is 416 g/mol. The summed E-state index contributed by atoms with van der Waals surface area (Å²) in [6.45, 7) is 13.8. The number of nitrogens with zero attached hydrogens (tertiary/aromatic N) is 2. The van der Waals surface area contributed by atoms with Crippen LogP contribution in [0.5, 0.6) is 0 Å². The maximum atomic E-state index is 3.60. The predicted molar refractivity (Wildman–Crippen MR) is 166 cm³/mol. The first-order chi connectivity index (χ1) is 12.5. The summed E-state index contributed by atoms with van der Waals surface area (Å²) < 4.78 is 0. The number of hydrogen-bond donors (Lipinski definition) is 0. The first-order valence-corrected chi connectivity index (χ1v) is 9.93. The number of rotatable bonds is 13. The molecule has 0 bridgehead atoms. The fourth-order valence-corrected chi connectivity index (χ4v) is 1.59. The molecule has 36 heavy (non-hydrogen) atoms. The monoisotopic (exact) mass is 489 g/mol. The normalized spacial score (nSPS) is 7.44. The third-order valence-corrected chi connectivity index (χ3v) is 3.13. The molecule has 0 unspecified atom stereocenters. The molecule has 0 aromatic rings. The van der Waals surface area contributed by atoms with Crippen LogP contribution < -0.4 is 75.4 Å². The zero-order valence-corrected chi connectivity index (χ0v) is 22.6. The second-order valence-electron chi connectivity index (χ2n) is 6.46. The van der Waals surface area contributed by atoms with Gasteiger partial charge in [0.15, 0.2) is 0 Å². The number of hydrogen-bond acceptors (Lipinski definition) is 2. The Balaban J connectivity index is -0.0000000139. The Bertz CT molecular complexity index is 312. The standard InChI is InChI=1S/2C9H15.C6H16N2.6CH4.4Li.2H/c2*1-3-5-7-9-8-6-4-2;1-7(2)5-6-8(3)4;;;;;;;;;;;;/h2*3,5-6,8H,1,4,7,9H2,2H3;5-6H2,1-4H3;6*1H4;;;;;;/q2*-1;;;;;;;;4*+1;2*-1. The maximum Gasteiger partial charge on any atom is 1.00 e. The molecule has 0 fully saturated rings. The largest absolute Gasteiger partial charge is 1.00 e. The van der Waals surface area contributed by atoms with E-state index in [1.807, 2.05) is 12.2 Å². The Hall–Kier alpha value is 1.01. The fourth-order valence-electron chi connectivity index (χ4n) is 1.59. The summed E-state index contributed by atoms with van der Waals surface area (Å²) in [7, 11) is 8.35. The summed E-state index contributed by atoms with van der Waals surface area (Å²) in [4.78, 5) is 4.36. The third-order valence-electron chi connectivity index (χ3n) is 3.13. The van der Waals surface area contributed by atoms with E-state index in [4.69, 9.17) is 0 Å². The molecule has 206 valence electrons. The second-order valence-corrected chi connectivity index (χ2v) is 6.46. The summed E-state index contributed by atoms with van der Waals surface area (Å²) >= 11 is 0. The third kappa shape index (κ3) is 125. The SMILES string of the molecule is C.C.C.C.C.C.C=C[CH-]CCC=CCC.C=C[CH-]CCC=CCC.CN(C)CCN(C)C.[H-].[H-].[Li+].[Li+].[Li+].[Li+]. The molecule has 0 radical (unpaired) electrons. The molecule has 0 amide bonds. The van der Waals surface area contributed by atoms with E-state index in [2.05, 4.69) is 102 Å². The van der Waals surface area contributed by atoms with Crippen molar-refractivity contribution in [3.63, 3.8) is 0 Å². The summed E-state index contributed by atoms with van der Waals surface area (Å²) in [6.07, 6.45) is 23.5. The van der Waals surface area contributed by atoms with Gasteiger partial charge >= 0.3 is 75.4 Å². The van der Waals surface area contributed by atoms with Crippen LogP contribution in [0.2, 0.25) is 0 Å². The summed E-state index contributed by atoms with van der Waals surface area (Å²) in [6, 6.07) is 0. The van der Waals surface area contributed by atoms with Crippen LogP contribution in [-0.4, -0.2) is 51.1 Å². The van der Waals surface area contributed by atoms with Crippen molar-refractivity contribution >= 4 is 0 Å². The van der Waals surface area contributed by atoms with Crippen molar-refractivity contribution in [2.75, 3.05) is 41.3 Å². The van der Waals surface area contributed by atoms with Gasteiger partial charge in [-0.2, -0.15) is 0 Å². The van der Waals surface area contributed by atoms with Crippen LogP contribution in [0.25, 0.3) is 0 Å². The molecule has 0 spiro atoms. The van der Waals surface area contributed by atoms with Crippen molar-refractivity contribution in [3.05, 3.63) is 62.5 Å². The Kier molecular flexibility index (Phi) is 193. The van der Waals surface area contributed by atoms with Crippen LogP contribution in [0, 0.1) is 12.8 Å². The molecule has 0 heterocycles. The van der Waals surface area contributed by atoms with Gasteiger partial charge in [-0.15, -0.1) is 0 Å². The van der Waals surface area contributed by atoms with Crippen LogP contribution in [0.1, 0.15) is 99.8 Å². The maximum absolute atomic E-state index is 3.60. The van der Waals surface area contributed by atoms with Crippen LogP contribution >= 0.6 is 0 Å². The fraction of sp³-hybridized carbons (Fsp3) is 0.667. The van der Waals surface area contributed by atoms with Gasteiger partial charge in [0.05, 0.1) is 0 Å². The van der Waals surface area contributed by atoms with Crippen LogP contribution in [0.3, 0.4) is 0 Å². The van der Waals surface area contributed by atoms with Crippen molar-refractivity contribution in [2.45, 2.75) is 96.9 Å². The van der Waals surface area contributed by atoms with Gasteiger partial charge < -0.3 is 12.7 Å². The molecule has 0 aliphatic carbocycles. The average Bonchev–Trinajstić information content (AvgIpc) is 2.61. The zero-order chi connectivity index (χ0) is 20.5. The molecular formula is C30H72Li4N2. The molecule has 6 heteroatoms. The van der Waals surface area contributed by atoms with Crippen molar-refractivity contribution in [1.82, 2.24) is 9.80 Å². The molecule has 0 aromatic carbocycles. The van der Waals surface area contributed by atoms with Crippen molar-refractivity contribution in [2.24, 2.45) is 0 Å². The van der Waals surface area contributed by atoms with Crippen molar-refractivity contribution < 1.29 is 78.3 Å². The Morgan fingerprint density at radius 2 is 0.806 bits per heavy atom. The van der Waals surface area contributed by atoms with Gasteiger partial charge in [-0.1, -0.05) is 95.6 Å². The van der Waals surface area contributed by atoms with E-state index >= 15 is 0 Å². The van der Waals surface area contributed by atoms with Gasteiger partial charge in [0.25, 0.3) is 0 Å². The average molecular weight is 489 g/mol. The van der Waals surface area contributed by atoms with Crippen LogP contribution in [0.15, 0.2) is 49.6 Å². The quantitative estimate of drug-likeness (QED) is 0.134. The van der Waals surface area contributed by atoms with E-state index in [0.717, 1.165) is 51.6 Å². The first-order valence-electron chi connectivity index (χ1n) is 9.93. The molecule has 0 aliphatic rings. The zero-order valence-electron chi connectivity index (χ0n) is 24.6. The topological polar surface area (TPSA) is 6.48 Å². The van der Waals surface area contributed by atoms with E-state index in [1.165, 1.54) is 0 Å². The molecule has 2 nitrogen and oxygen atoms in total. The molecule has 0 saturated carbocycles. The number of allylic oxidation sites excluding steroid dienone is 6. The Labute approximate surface area is 286 Å². The van der Waals surface area contributed by atoms with Gasteiger partial charge in [0.1, 0.15) is 0 Å². The molecule has 0 saturated heterocycles. The second kappa shape index (κ2) is 83.4. The summed E-state index contributed by atoms with van der Waals surface area (Å²) in [5, 5.41) is 0. The number of likely N-dealkylation sites (N-methyl/N-ethyl adjacent to an activating group) is 2. The molecule has 0 aromatic heterocycles. The smallest absolute Gasteiger partial charge is 1.00 e. The Morgan fingerprint density at radius 3 is 0.972 bits per heavy atom. The minimum Gasteiger partial charge on any atom is -1.00 e. The van der Waals surface area contributed by atoms with Crippen molar-refractivity contribution in [1.29, 1.82) is 0 Å². The number of unbranched alkanes of at least 4 members (excludes halogenated alkanes) is 4. The van der Waals surface area contributed by atoms with E-state index in [-0.39, 0.29) is 123 Å². The molecule has 0 rings (SSSR count). The molecule has 0 atom stereocenters. The van der Waals surface area contributed by atoms with E-state index < -0.39 is 0 Å². The van der Waals surface area contributed by atoms with Crippen molar-refractivity contribution in [3.8, 4) is 0 Å². The summed E-state index contributed by atoms with van der Waals surface area (Å²) in [5.74, 6) is 0. The Morgan fingerprint density at radius 1 is 0.556 bits per heavy atom. The first kappa shape index (κ1) is 83.2. The van der Waals surface area contributed by atoms with Gasteiger partial charge in [-0.3, -0.25) is 0 Å². The van der Waals surface area contributed by atoms with E-state index in [9.17, 15) is 0 Å². The van der Waals surface area contributed by atoms with Gasteiger partial charge in [0, 0.05) is 13.1 Å². The minimum absolute atomic E-state index is 0. The van der Waals surface area contributed by atoms with Gasteiger partial charge in [-0.25, -0.2) is 38.2 Å². The molecule has 0 N–H and O–H groups in total. The van der Waals surface area contributed by atoms with Crippen LogP contribution in [0.4, 0.5) is 0 Å². The predicted octanol–water partition coefficient (Wildman–Crippen LogP) is -1.59. The van der Waals surface area contributed by atoms with Gasteiger partial charge in [-0.05, 0) is 53.9 Å². The summed E-state index contributed by atoms with van der Waals surface area (Å²) in [5.41, 5.74) is 0. The van der Waals surface area contributed by atoms with E-state index in [1.54, 1.807) is 0 Å². The van der Waals surface area contributed by atoms with Gasteiger partial charge in [0.2, 0.25) is 0 Å². The molecule has 0 aliphatic heterocycles. The minimum atomic E-state index is 0. The van der Waals surface area contributed by atoms with Crippen LogP contribution in [-0.2, 0) is 0 Å². The van der Waals surface area contributed by atoms with E-state index in [0.29, 0.717) is 0 Å².